The molecule has 0 bridgehead atoms. The second-order valence-electron chi connectivity index (χ2n) is 3.84. The van der Waals surface area contributed by atoms with Gasteiger partial charge in [-0.25, -0.2) is 4.98 Å². The average Bonchev–Trinajstić information content (AvgIpc) is 2.42. The molecule has 0 aliphatic rings. The number of anilines is 2. The van der Waals surface area contributed by atoms with E-state index < -0.39 is 0 Å². The number of rotatable bonds is 4. The Morgan fingerprint density at radius 2 is 1.68 bits per heavy atom. The molecule has 0 saturated heterocycles. The smallest absolute Gasteiger partial charge is 0.221 e. The molecule has 7 nitrogen and oxygen atoms in total. The van der Waals surface area contributed by atoms with Crippen LogP contribution in [0.4, 0.5) is 11.8 Å². The number of hydrogen-bond acceptors (Lipinski definition) is 7. The maximum atomic E-state index is 5.82. The Balaban J connectivity index is 2.42. The van der Waals surface area contributed by atoms with Gasteiger partial charge in [0.2, 0.25) is 5.95 Å². The van der Waals surface area contributed by atoms with Crippen molar-refractivity contribution in [1.29, 1.82) is 0 Å². The first-order chi connectivity index (χ1) is 9.15. The first-order valence-corrected chi connectivity index (χ1v) is 5.57. The molecule has 2 aromatic heterocycles. The standard InChI is InChI=1S/C12H15N5O2/c1-18-9-5-15-6-10(19-2)8(9)3-7-4-16-12(14)17-11(7)13/h4-6H,3H2,1-2H3,(H4,13,14,16,17). The third kappa shape index (κ3) is 2.65. The number of ether oxygens (including phenoxy) is 2. The van der Waals surface area contributed by atoms with Crippen LogP contribution in [0.3, 0.4) is 0 Å². The molecule has 4 N–H and O–H groups in total. The molecule has 0 spiro atoms. The molecule has 0 fully saturated rings. The van der Waals surface area contributed by atoms with Crippen molar-refractivity contribution in [3.8, 4) is 11.5 Å². The van der Waals surface area contributed by atoms with Crippen LogP contribution in [0.2, 0.25) is 0 Å². The van der Waals surface area contributed by atoms with E-state index in [2.05, 4.69) is 15.0 Å². The van der Waals surface area contributed by atoms with Crippen LogP contribution in [0.25, 0.3) is 0 Å². The summed E-state index contributed by atoms with van der Waals surface area (Å²) in [5.41, 5.74) is 12.9. The average molecular weight is 261 g/mol. The predicted molar refractivity (Wildman–Crippen MR) is 71.0 cm³/mol. The third-order valence-electron chi connectivity index (χ3n) is 2.70. The summed E-state index contributed by atoms with van der Waals surface area (Å²) in [6, 6.07) is 0. The summed E-state index contributed by atoms with van der Waals surface area (Å²) < 4.78 is 10.5. The van der Waals surface area contributed by atoms with Crippen molar-refractivity contribution < 1.29 is 9.47 Å². The lowest BCUT2D eigenvalue weighted by Gasteiger charge is -2.12. The number of nitrogen functional groups attached to an aromatic ring is 2. The first-order valence-electron chi connectivity index (χ1n) is 5.57. The Kier molecular flexibility index (Phi) is 3.65. The molecule has 7 heteroatoms. The van der Waals surface area contributed by atoms with E-state index in [-0.39, 0.29) is 5.95 Å². The minimum absolute atomic E-state index is 0.148. The van der Waals surface area contributed by atoms with Gasteiger partial charge in [0.1, 0.15) is 17.3 Å². The van der Waals surface area contributed by atoms with Crippen LogP contribution in [0.1, 0.15) is 11.1 Å². The molecule has 2 aromatic rings. The lowest BCUT2D eigenvalue weighted by Crippen LogP contribution is -2.05. The quantitative estimate of drug-likeness (QED) is 0.831. The number of nitrogens with zero attached hydrogens (tertiary/aromatic N) is 3. The summed E-state index contributed by atoms with van der Waals surface area (Å²) in [7, 11) is 3.14. The van der Waals surface area contributed by atoms with Crippen LogP contribution in [-0.4, -0.2) is 29.2 Å². The molecule has 0 atom stereocenters. The van der Waals surface area contributed by atoms with Gasteiger partial charge in [0.15, 0.2) is 0 Å². The van der Waals surface area contributed by atoms with Gasteiger partial charge in [0, 0.05) is 23.7 Å². The zero-order chi connectivity index (χ0) is 13.8. The molecule has 0 saturated carbocycles. The van der Waals surface area contributed by atoms with Crippen LogP contribution < -0.4 is 20.9 Å². The van der Waals surface area contributed by atoms with Gasteiger partial charge >= 0.3 is 0 Å². The number of methoxy groups -OCH3 is 2. The molecule has 0 aliphatic heterocycles. The van der Waals surface area contributed by atoms with Crippen molar-refractivity contribution in [2.24, 2.45) is 0 Å². The second kappa shape index (κ2) is 5.38. The Hall–Kier alpha value is -2.57. The minimum Gasteiger partial charge on any atom is -0.495 e. The van der Waals surface area contributed by atoms with Gasteiger partial charge in [-0.1, -0.05) is 0 Å². The highest BCUT2D eigenvalue weighted by Gasteiger charge is 2.13. The molecule has 0 aromatic carbocycles. The Morgan fingerprint density at radius 3 is 2.21 bits per heavy atom. The summed E-state index contributed by atoms with van der Waals surface area (Å²) in [5, 5.41) is 0. The summed E-state index contributed by atoms with van der Waals surface area (Å²) in [5.74, 6) is 1.73. The predicted octanol–water partition coefficient (Wildman–Crippen LogP) is 0.644. The first kappa shape index (κ1) is 12.9. The van der Waals surface area contributed by atoms with Crippen molar-refractivity contribution in [1.82, 2.24) is 15.0 Å². The lowest BCUT2D eigenvalue weighted by molar-refractivity contribution is 0.383. The highest BCUT2D eigenvalue weighted by molar-refractivity contribution is 5.50. The highest BCUT2D eigenvalue weighted by atomic mass is 16.5. The fourth-order valence-corrected chi connectivity index (χ4v) is 1.74. The molecule has 0 amide bonds. The van der Waals surface area contributed by atoms with Crippen molar-refractivity contribution in [2.75, 3.05) is 25.7 Å². The van der Waals surface area contributed by atoms with Crippen LogP contribution in [0.15, 0.2) is 18.6 Å². The van der Waals surface area contributed by atoms with Gasteiger partial charge in [0.25, 0.3) is 0 Å². The van der Waals surface area contributed by atoms with Gasteiger partial charge in [-0.2, -0.15) is 4.98 Å². The lowest BCUT2D eigenvalue weighted by atomic mass is 10.1. The van der Waals surface area contributed by atoms with E-state index in [1.54, 1.807) is 32.8 Å². The summed E-state index contributed by atoms with van der Waals surface area (Å²) in [6.07, 6.45) is 5.30. The van der Waals surface area contributed by atoms with E-state index in [4.69, 9.17) is 20.9 Å². The van der Waals surface area contributed by atoms with E-state index in [1.165, 1.54) is 0 Å². The van der Waals surface area contributed by atoms with Crippen molar-refractivity contribution >= 4 is 11.8 Å². The largest absolute Gasteiger partial charge is 0.495 e. The molecule has 0 unspecified atom stereocenters. The second-order valence-corrected chi connectivity index (χ2v) is 3.84. The minimum atomic E-state index is 0.148. The molecule has 0 radical (unpaired) electrons. The summed E-state index contributed by atoms with van der Waals surface area (Å²) in [6.45, 7) is 0. The molecule has 2 heterocycles. The molecule has 19 heavy (non-hydrogen) atoms. The van der Waals surface area contributed by atoms with E-state index in [0.29, 0.717) is 23.7 Å². The zero-order valence-corrected chi connectivity index (χ0v) is 10.8. The van der Waals surface area contributed by atoms with E-state index in [1.807, 2.05) is 0 Å². The SMILES string of the molecule is COc1cncc(OC)c1Cc1cnc(N)nc1N. The molecule has 0 aliphatic carbocycles. The van der Waals surface area contributed by atoms with Gasteiger partial charge in [-0.05, 0) is 0 Å². The normalized spacial score (nSPS) is 10.2. The highest BCUT2D eigenvalue weighted by Crippen LogP contribution is 2.30. The van der Waals surface area contributed by atoms with E-state index >= 15 is 0 Å². The van der Waals surface area contributed by atoms with Crippen LogP contribution in [0.5, 0.6) is 11.5 Å². The maximum Gasteiger partial charge on any atom is 0.221 e. The monoisotopic (exact) mass is 261 g/mol. The van der Waals surface area contributed by atoms with Crippen molar-refractivity contribution in [3.63, 3.8) is 0 Å². The van der Waals surface area contributed by atoms with Crippen molar-refractivity contribution in [2.45, 2.75) is 6.42 Å². The van der Waals surface area contributed by atoms with Gasteiger partial charge in [0.05, 0.1) is 26.6 Å². The maximum absolute atomic E-state index is 5.82. The van der Waals surface area contributed by atoms with Gasteiger partial charge < -0.3 is 20.9 Å². The number of hydrogen-bond donors (Lipinski definition) is 2. The van der Waals surface area contributed by atoms with Crippen molar-refractivity contribution in [3.05, 3.63) is 29.7 Å². The van der Waals surface area contributed by atoms with E-state index in [9.17, 15) is 0 Å². The Morgan fingerprint density at radius 1 is 1.05 bits per heavy atom. The van der Waals surface area contributed by atoms with Gasteiger partial charge in [-0.15, -0.1) is 0 Å². The molecule has 2 rings (SSSR count). The third-order valence-corrected chi connectivity index (χ3v) is 2.70. The zero-order valence-electron chi connectivity index (χ0n) is 10.8. The Labute approximate surface area is 110 Å². The fourth-order valence-electron chi connectivity index (χ4n) is 1.74. The van der Waals surface area contributed by atoms with E-state index in [0.717, 1.165) is 11.1 Å². The van der Waals surface area contributed by atoms with Crippen LogP contribution in [0, 0.1) is 0 Å². The topological polar surface area (TPSA) is 109 Å². The number of nitrogens with two attached hydrogens (primary N) is 2. The van der Waals surface area contributed by atoms with Crippen LogP contribution >= 0.6 is 0 Å². The summed E-state index contributed by atoms with van der Waals surface area (Å²) >= 11 is 0. The number of pyridine rings is 1. The van der Waals surface area contributed by atoms with Gasteiger partial charge in [-0.3, -0.25) is 4.98 Å². The number of aromatic nitrogens is 3. The Bertz CT molecular complexity index is 566. The molecule has 100 valence electrons. The molecular weight excluding hydrogens is 246 g/mol. The fraction of sp³-hybridized carbons (Fsp3) is 0.250. The van der Waals surface area contributed by atoms with Crippen LogP contribution in [-0.2, 0) is 6.42 Å². The molecular formula is C12H15N5O2. The summed E-state index contributed by atoms with van der Waals surface area (Å²) in [4.78, 5) is 11.9.